The minimum atomic E-state index is -2.09. The van der Waals surface area contributed by atoms with Crippen molar-refractivity contribution < 1.29 is 24.9 Å². The molecule has 4 atom stereocenters. The van der Waals surface area contributed by atoms with Crippen LogP contribution in [0.5, 0.6) is 0 Å². The van der Waals surface area contributed by atoms with Crippen LogP contribution < -0.4 is 16.3 Å². The van der Waals surface area contributed by atoms with E-state index in [1.165, 1.54) is 12.3 Å². The van der Waals surface area contributed by atoms with Gasteiger partial charge >= 0.3 is 5.69 Å². The van der Waals surface area contributed by atoms with Crippen molar-refractivity contribution in [3.8, 4) is 0 Å². The second-order valence-electron chi connectivity index (χ2n) is 5.65. The van der Waals surface area contributed by atoms with Crippen LogP contribution in [0, 0.1) is 0 Å². The average Bonchev–Trinajstić information content (AvgIpc) is 2.70. The normalized spacial score (nSPS) is 30.4. The first-order chi connectivity index (χ1) is 10.7. The highest BCUT2D eigenvalue weighted by atomic mass is 16.6. The number of hydrogen-bond donors (Lipinski definition) is 4. The second kappa shape index (κ2) is 6.24. The number of nitrogens with zero attached hydrogens (tertiary/aromatic N) is 3. The van der Waals surface area contributed by atoms with Crippen LogP contribution in [0.2, 0.25) is 0 Å². The predicted molar refractivity (Wildman–Crippen MR) is 78.6 cm³/mol. The Labute approximate surface area is 131 Å². The van der Waals surface area contributed by atoms with Gasteiger partial charge in [0.2, 0.25) is 5.91 Å². The largest absolute Gasteiger partial charge is 0.394 e. The lowest BCUT2D eigenvalue weighted by Crippen LogP contribution is -2.51. The Bertz CT molecular complexity index is 648. The van der Waals surface area contributed by atoms with Gasteiger partial charge in [-0.05, 0) is 6.07 Å². The summed E-state index contributed by atoms with van der Waals surface area (Å²) >= 11 is 0. The fourth-order valence-electron chi connectivity index (χ4n) is 2.56. The standard InChI is InChI=1S/C13H20N4O6/c1-16(2)9-3-4-17(12(21)15-9)11-10(20)13(22,5-8(14)19)7(6-18)23-11/h3-4,7,10-11,18,20,22H,5-6H2,1-2H3,(H2,14,19)/t7-,10+,11-,13-/m1/s1. The summed E-state index contributed by atoms with van der Waals surface area (Å²) in [6.07, 6.45) is -3.48. The molecule has 0 unspecified atom stereocenters. The fourth-order valence-corrected chi connectivity index (χ4v) is 2.56. The van der Waals surface area contributed by atoms with Gasteiger partial charge in [0.05, 0.1) is 13.0 Å². The van der Waals surface area contributed by atoms with E-state index in [1.54, 1.807) is 19.0 Å². The zero-order valence-corrected chi connectivity index (χ0v) is 12.8. The van der Waals surface area contributed by atoms with Crippen LogP contribution in [0.15, 0.2) is 17.1 Å². The third kappa shape index (κ3) is 3.06. The van der Waals surface area contributed by atoms with Gasteiger partial charge in [0.1, 0.15) is 23.6 Å². The molecule has 10 heteroatoms. The molecular formula is C13H20N4O6. The van der Waals surface area contributed by atoms with Crippen LogP contribution >= 0.6 is 0 Å². The maximum Gasteiger partial charge on any atom is 0.351 e. The Morgan fingerprint density at radius 1 is 1.57 bits per heavy atom. The van der Waals surface area contributed by atoms with Crippen molar-refractivity contribution >= 4 is 11.7 Å². The van der Waals surface area contributed by atoms with Gasteiger partial charge < -0.3 is 30.7 Å². The molecule has 128 valence electrons. The number of primary amides is 1. The lowest BCUT2D eigenvalue weighted by Gasteiger charge is -2.28. The summed E-state index contributed by atoms with van der Waals surface area (Å²) < 4.78 is 6.34. The van der Waals surface area contributed by atoms with E-state index >= 15 is 0 Å². The number of nitrogens with two attached hydrogens (primary N) is 1. The van der Waals surface area contributed by atoms with Crippen molar-refractivity contribution in [2.75, 3.05) is 25.6 Å². The molecule has 0 aromatic carbocycles. The minimum Gasteiger partial charge on any atom is -0.394 e. The third-order valence-corrected chi connectivity index (χ3v) is 3.81. The lowest BCUT2D eigenvalue weighted by atomic mass is 9.88. The van der Waals surface area contributed by atoms with Crippen LogP contribution in [-0.4, -0.2) is 69.3 Å². The van der Waals surface area contributed by atoms with Crippen LogP contribution in [-0.2, 0) is 9.53 Å². The zero-order valence-electron chi connectivity index (χ0n) is 12.8. The van der Waals surface area contributed by atoms with E-state index in [4.69, 9.17) is 10.5 Å². The van der Waals surface area contributed by atoms with Crippen LogP contribution in [0.4, 0.5) is 5.82 Å². The van der Waals surface area contributed by atoms with Crippen molar-refractivity contribution in [1.29, 1.82) is 0 Å². The smallest absolute Gasteiger partial charge is 0.351 e. The van der Waals surface area contributed by atoms with E-state index in [1.807, 2.05) is 0 Å². The maximum absolute atomic E-state index is 12.1. The molecule has 1 aromatic rings. The third-order valence-electron chi connectivity index (χ3n) is 3.81. The fraction of sp³-hybridized carbons (Fsp3) is 0.615. The first-order valence-electron chi connectivity index (χ1n) is 6.92. The van der Waals surface area contributed by atoms with E-state index in [0.717, 1.165) is 4.57 Å². The van der Waals surface area contributed by atoms with E-state index in [9.17, 15) is 24.9 Å². The second-order valence-corrected chi connectivity index (χ2v) is 5.65. The number of hydrogen-bond acceptors (Lipinski definition) is 8. The van der Waals surface area contributed by atoms with Crippen molar-refractivity contribution in [3.05, 3.63) is 22.7 Å². The molecule has 1 saturated heterocycles. The van der Waals surface area contributed by atoms with Crippen molar-refractivity contribution in [2.24, 2.45) is 5.73 Å². The number of rotatable bonds is 5. The summed E-state index contributed by atoms with van der Waals surface area (Å²) in [5.74, 6) is -0.465. The molecular weight excluding hydrogens is 308 g/mol. The van der Waals surface area contributed by atoms with Gasteiger partial charge in [-0.3, -0.25) is 9.36 Å². The Morgan fingerprint density at radius 2 is 2.22 bits per heavy atom. The molecule has 0 spiro atoms. The molecule has 0 saturated carbocycles. The summed E-state index contributed by atoms with van der Waals surface area (Å²) in [4.78, 5) is 28.7. The molecule has 2 rings (SSSR count). The van der Waals surface area contributed by atoms with Gasteiger partial charge in [-0.15, -0.1) is 0 Å². The number of ether oxygens (including phenoxy) is 1. The summed E-state index contributed by atoms with van der Waals surface area (Å²) in [5.41, 5.74) is 2.27. The molecule has 0 aliphatic carbocycles. The topological polar surface area (TPSA) is 151 Å². The summed E-state index contributed by atoms with van der Waals surface area (Å²) in [7, 11) is 3.42. The number of carbonyl (C=O) groups excluding carboxylic acids is 1. The van der Waals surface area contributed by atoms with Gasteiger partial charge in [-0.1, -0.05) is 0 Å². The lowest BCUT2D eigenvalue weighted by molar-refractivity contribution is -0.134. The zero-order chi connectivity index (χ0) is 17.4. The molecule has 10 nitrogen and oxygen atoms in total. The maximum atomic E-state index is 12.1. The number of carbonyl (C=O) groups is 1. The molecule has 23 heavy (non-hydrogen) atoms. The molecule has 0 radical (unpaired) electrons. The minimum absolute atomic E-state index is 0.407. The Kier molecular flexibility index (Phi) is 4.71. The van der Waals surface area contributed by atoms with Gasteiger partial charge in [-0.25, -0.2) is 4.79 Å². The molecule has 0 bridgehead atoms. The summed E-state index contributed by atoms with van der Waals surface area (Å²) in [5, 5.41) is 30.1. The quantitative estimate of drug-likeness (QED) is 0.451. The highest BCUT2D eigenvalue weighted by Crippen LogP contribution is 2.38. The van der Waals surface area contributed by atoms with E-state index in [2.05, 4.69) is 4.98 Å². The molecule has 1 aromatic heterocycles. The van der Waals surface area contributed by atoms with Crippen LogP contribution in [0.1, 0.15) is 12.6 Å². The van der Waals surface area contributed by atoms with Gasteiger partial charge in [-0.2, -0.15) is 4.98 Å². The Morgan fingerprint density at radius 3 is 2.70 bits per heavy atom. The van der Waals surface area contributed by atoms with Gasteiger partial charge in [0, 0.05) is 20.3 Å². The van der Waals surface area contributed by atoms with Crippen LogP contribution in [0.3, 0.4) is 0 Å². The van der Waals surface area contributed by atoms with Crippen molar-refractivity contribution in [2.45, 2.75) is 30.5 Å². The number of amides is 1. The van der Waals surface area contributed by atoms with Crippen LogP contribution in [0.25, 0.3) is 0 Å². The SMILES string of the molecule is CN(C)c1ccn([C@@H]2O[C@H](CO)[C@](O)(CC(N)=O)[C@H]2O)c(=O)n1. The Hall–Kier alpha value is -2.01. The molecule has 5 N–H and O–H groups in total. The predicted octanol–water partition coefficient (Wildman–Crippen LogP) is -2.83. The van der Waals surface area contributed by atoms with E-state index in [-0.39, 0.29) is 0 Å². The Balaban J connectivity index is 2.38. The molecule has 1 aliphatic heterocycles. The summed E-state index contributed by atoms with van der Waals surface area (Å²) in [6.45, 7) is -0.657. The molecule has 1 fully saturated rings. The van der Waals surface area contributed by atoms with Crippen molar-refractivity contribution in [1.82, 2.24) is 9.55 Å². The molecule has 1 aliphatic rings. The highest BCUT2D eigenvalue weighted by molar-refractivity contribution is 5.75. The van der Waals surface area contributed by atoms with Gasteiger partial charge in [0.25, 0.3) is 0 Å². The van der Waals surface area contributed by atoms with Gasteiger partial charge in [0.15, 0.2) is 6.23 Å². The van der Waals surface area contributed by atoms with Crippen molar-refractivity contribution in [3.63, 3.8) is 0 Å². The first kappa shape index (κ1) is 17.3. The first-order valence-corrected chi connectivity index (χ1v) is 6.92. The number of aliphatic hydroxyl groups is 3. The number of anilines is 1. The summed E-state index contributed by atoms with van der Waals surface area (Å²) in [6, 6.07) is 1.52. The molecule has 1 amide bonds. The monoisotopic (exact) mass is 328 g/mol. The van der Waals surface area contributed by atoms with E-state index < -0.39 is 48.7 Å². The molecule has 2 heterocycles. The van der Waals surface area contributed by atoms with E-state index in [0.29, 0.717) is 5.82 Å². The number of aliphatic hydroxyl groups excluding tert-OH is 2. The number of aromatic nitrogens is 2. The highest BCUT2D eigenvalue weighted by Gasteiger charge is 2.56. The average molecular weight is 328 g/mol.